The average molecular weight is 312 g/mol. The lowest BCUT2D eigenvalue weighted by Crippen LogP contribution is -2.24. The van der Waals surface area contributed by atoms with Gasteiger partial charge in [-0.3, -0.25) is 4.68 Å². The molecule has 0 unspecified atom stereocenters. The van der Waals surface area contributed by atoms with Gasteiger partial charge in [0.25, 0.3) is 0 Å². The lowest BCUT2D eigenvalue weighted by molar-refractivity contribution is 0.479. The Morgan fingerprint density at radius 3 is 2.43 bits per heavy atom. The first kappa shape index (κ1) is 16.1. The third-order valence-electron chi connectivity index (χ3n) is 4.77. The van der Waals surface area contributed by atoms with Gasteiger partial charge in [0.05, 0.1) is 5.69 Å². The van der Waals surface area contributed by atoms with Crippen LogP contribution in [0.2, 0.25) is 0 Å². The van der Waals surface area contributed by atoms with Crippen molar-refractivity contribution in [2.45, 2.75) is 39.3 Å². The summed E-state index contributed by atoms with van der Waals surface area (Å²) in [6.07, 6.45) is 2.66. The summed E-state index contributed by atoms with van der Waals surface area (Å²) < 4.78 is 1.98. The first-order valence-electron chi connectivity index (χ1n) is 8.47. The molecule has 1 aromatic heterocycles. The van der Waals surface area contributed by atoms with Crippen LogP contribution in [-0.2, 0) is 13.6 Å². The van der Waals surface area contributed by atoms with Gasteiger partial charge in [-0.1, -0.05) is 29.8 Å². The van der Waals surface area contributed by atoms with Crippen LogP contribution in [0.5, 0.6) is 0 Å². The highest BCUT2D eigenvalue weighted by Gasteiger charge is 2.32. The predicted octanol–water partition coefficient (Wildman–Crippen LogP) is 3.34. The number of benzene rings is 1. The molecule has 124 valence electrons. The number of nitrogens with one attached hydrogen (secondary N) is 1. The Hall–Kier alpha value is -1.81. The van der Waals surface area contributed by atoms with Crippen molar-refractivity contribution in [3.8, 4) is 0 Å². The van der Waals surface area contributed by atoms with E-state index in [0.29, 0.717) is 6.04 Å². The van der Waals surface area contributed by atoms with E-state index >= 15 is 0 Å². The summed E-state index contributed by atoms with van der Waals surface area (Å²) in [6.45, 7) is 5.11. The van der Waals surface area contributed by atoms with E-state index in [2.05, 4.69) is 67.5 Å². The molecule has 1 N–H and O–H groups in total. The molecule has 2 aromatic rings. The number of hydrogen-bond donors (Lipinski definition) is 1. The number of aromatic nitrogens is 2. The van der Waals surface area contributed by atoms with Crippen molar-refractivity contribution in [2.24, 2.45) is 13.0 Å². The van der Waals surface area contributed by atoms with Gasteiger partial charge in [-0.05, 0) is 38.2 Å². The highest BCUT2D eigenvalue weighted by atomic mass is 15.4. The molecule has 0 bridgehead atoms. The van der Waals surface area contributed by atoms with Gasteiger partial charge >= 0.3 is 0 Å². The Labute approximate surface area is 139 Å². The maximum absolute atomic E-state index is 4.59. The lowest BCUT2D eigenvalue weighted by Gasteiger charge is -2.21. The van der Waals surface area contributed by atoms with E-state index in [1.807, 2.05) is 11.7 Å². The average Bonchev–Trinajstić information content (AvgIpc) is 3.27. The molecule has 1 aromatic carbocycles. The molecular formula is C19H28N4. The molecule has 1 aliphatic rings. The number of aryl methyl sites for hydroxylation is 3. The normalized spacial score (nSPS) is 15.7. The molecule has 0 amide bonds. The summed E-state index contributed by atoms with van der Waals surface area (Å²) in [7, 11) is 6.18. The maximum atomic E-state index is 4.59. The molecule has 0 radical (unpaired) electrons. The molecule has 0 spiro atoms. The van der Waals surface area contributed by atoms with E-state index in [-0.39, 0.29) is 0 Å². The summed E-state index contributed by atoms with van der Waals surface area (Å²) in [5.74, 6) is 1.96. The van der Waals surface area contributed by atoms with Crippen molar-refractivity contribution in [3.63, 3.8) is 0 Å². The maximum Gasteiger partial charge on any atom is 0.130 e. The minimum absolute atomic E-state index is 0.449. The van der Waals surface area contributed by atoms with Crippen LogP contribution >= 0.6 is 0 Å². The number of anilines is 1. The zero-order valence-electron chi connectivity index (χ0n) is 14.9. The smallest absolute Gasteiger partial charge is 0.130 e. The molecule has 0 aliphatic heterocycles. The minimum atomic E-state index is 0.449. The Bertz CT molecular complexity index is 665. The summed E-state index contributed by atoms with van der Waals surface area (Å²) in [5, 5.41) is 8.39. The van der Waals surface area contributed by atoms with Crippen LogP contribution in [0, 0.1) is 19.8 Å². The van der Waals surface area contributed by atoms with Crippen molar-refractivity contribution < 1.29 is 0 Å². The second-order valence-electron chi connectivity index (χ2n) is 7.01. The summed E-state index contributed by atoms with van der Waals surface area (Å²) in [5.41, 5.74) is 5.14. The highest BCUT2D eigenvalue weighted by molar-refractivity contribution is 5.49. The van der Waals surface area contributed by atoms with Gasteiger partial charge in [-0.25, -0.2) is 0 Å². The molecule has 1 heterocycles. The number of rotatable bonds is 6. The SMILES string of the molecule is Cc1ccc([C@H](NCc2c(C)nn(C)c2N(C)C)C2CC2)cc1. The van der Waals surface area contributed by atoms with Crippen LogP contribution in [0.3, 0.4) is 0 Å². The first-order valence-corrected chi connectivity index (χ1v) is 8.47. The van der Waals surface area contributed by atoms with Crippen LogP contribution in [0.15, 0.2) is 24.3 Å². The summed E-state index contributed by atoms with van der Waals surface area (Å²) in [4.78, 5) is 2.15. The quantitative estimate of drug-likeness (QED) is 0.888. The van der Waals surface area contributed by atoms with Crippen LogP contribution in [-0.4, -0.2) is 23.9 Å². The Balaban J connectivity index is 1.79. The van der Waals surface area contributed by atoms with Gasteiger partial charge in [-0.2, -0.15) is 5.10 Å². The molecule has 4 heteroatoms. The molecule has 1 saturated carbocycles. The van der Waals surface area contributed by atoms with Crippen LogP contribution in [0.25, 0.3) is 0 Å². The monoisotopic (exact) mass is 312 g/mol. The van der Waals surface area contributed by atoms with E-state index in [0.717, 1.165) is 18.2 Å². The van der Waals surface area contributed by atoms with Crippen LogP contribution in [0.4, 0.5) is 5.82 Å². The van der Waals surface area contributed by atoms with E-state index in [1.54, 1.807) is 0 Å². The molecule has 1 aliphatic carbocycles. The van der Waals surface area contributed by atoms with Crippen molar-refractivity contribution in [3.05, 3.63) is 46.6 Å². The van der Waals surface area contributed by atoms with Gasteiger partial charge in [0.2, 0.25) is 0 Å². The topological polar surface area (TPSA) is 33.1 Å². The zero-order valence-corrected chi connectivity index (χ0v) is 14.9. The molecule has 23 heavy (non-hydrogen) atoms. The fourth-order valence-corrected chi connectivity index (χ4v) is 3.43. The van der Waals surface area contributed by atoms with Crippen molar-refractivity contribution >= 4 is 5.82 Å². The molecular weight excluding hydrogens is 284 g/mol. The van der Waals surface area contributed by atoms with E-state index in [1.165, 1.54) is 35.3 Å². The summed E-state index contributed by atoms with van der Waals surface area (Å²) >= 11 is 0. The van der Waals surface area contributed by atoms with E-state index in [4.69, 9.17) is 0 Å². The van der Waals surface area contributed by atoms with Crippen molar-refractivity contribution in [1.29, 1.82) is 0 Å². The molecule has 0 saturated heterocycles. The van der Waals surface area contributed by atoms with E-state index < -0.39 is 0 Å². The van der Waals surface area contributed by atoms with Crippen LogP contribution < -0.4 is 10.2 Å². The van der Waals surface area contributed by atoms with Crippen molar-refractivity contribution in [2.75, 3.05) is 19.0 Å². The Morgan fingerprint density at radius 2 is 1.87 bits per heavy atom. The minimum Gasteiger partial charge on any atom is -0.363 e. The van der Waals surface area contributed by atoms with Crippen LogP contribution in [0.1, 0.15) is 41.3 Å². The number of hydrogen-bond acceptors (Lipinski definition) is 3. The molecule has 1 fully saturated rings. The molecule has 3 rings (SSSR count). The zero-order chi connectivity index (χ0) is 16.6. The van der Waals surface area contributed by atoms with Gasteiger partial charge in [0, 0.05) is 39.3 Å². The number of nitrogens with zero attached hydrogens (tertiary/aromatic N) is 3. The van der Waals surface area contributed by atoms with E-state index in [9.17, 15) is 0 Å². The fraction of sp³-hybridized carbons (Fsp3) is 0.526. The Morgan fingerprint density at radius 1 is 1.22 bits per heavy atom. The van der Waals surface area contributed by atoms with Gasteiger partial charge < -0.3 is 10.2 Å². The lowest BCUT2D eigenvalue weighted by atomic mass is 10.0. The largest absolute Gasteiger partial charge is 0.363 e. The van der Waals surface area contributed by atoms with Gasteiger partial charge in [0.15, 0.2) is 0 Å². The fourth-order valence-electron chi connectivity index (χ4n) is 3.43. The second-order valence-corrected chi connectivity index (χ2v) is 7.01. The first-order chi connectivity index (χ1) is 11.0. The van der Waals surface area contributed by atoms with Crippen molar-refractivity contribution in [1.82, 2.24) is 15.1 Å². The third-order valence-corrected chi connectivity index (χ3v) is 4.77. The highest BCUT2D eigenvalue weighted by Crippen LogP contribution is 2.41. The van der Waals surface area contributed by atoms with Gasteiger partial charge in [0.1, 0.15) is 5.82 Å². The third kappa shape index (κ3) is 3.42. The standard InChI is InChI=1S/C19H28N4/c1-13-6-8-15(9-7-13)18(16-10-11-16)20-12-17-14(2)21-23(5)19(17)22(3)4/h6-9,16,18,20H,10-12H2,1-5H3/t18-/m0/s1. The molecule has 4 nitrogen and oxygen atoms in total. The molecule has 1 atom stereocenters. The summed E-state index contributed by atoms with van der Waals surface area (Å²) in [6, 6.07) is 9.42. The second kappa shape index (κ2) is 6.36. The van der Waals surface area contributed by atoms with Gasteiger partial charge in [-0.15, -0.1) is 0 Å². The Kier molecular flexibility index (Phi) is 4.44. The predicted molar refractivity (Wildman–Crippen MR) is 95.8 cm³/mol.